The molecule has 0 fully saturated rings. The second-order valence-corrected chi connectivity index (χ2v) is 5.32. The van der Waals surface area contributed by atoms with Crippen LogP contribution in [0.1, 0.15) is 11.1 Å². The molecule has 0 radical (unpaired) electrons. The van der Waals surface area contributed by atoms with E-state index in [0.717, 1.165) is 4.90 Å². The molecular weight excluding hydrogens is 283 g/mol. The summed E-state index contributed by atoms with van der Waals surface area (Å²) in [5.41, 5.74) is 7.12. The standard InChI is InChI=1S/C14H10ClFN2S/c15-12-6-11(18)2-4-14(12)19-8-10-5-9(7-17)1-3-13(10)16/h1-6H,8,18H2. The van der Waals surface area contributed by atoms with Gasteiger partial charge in [-0.05, 0) is 42.0 Å². The minimum absolute atomic E-state index is 0.321. The summed E-state index contributed by atoms with van der Waals surface area (Å²) in [6.07, 6.45) is 0. The van der Waals surface area contributed by atoms with Gasteiger partial charge in [-0.1, -0.05) is 11.6 Å². The van der Waals surface area contributed by atoms with Crippen molar-refractivity contribution >= 4 is 29.1 Å². The van der Waals surface area contributed by atoms with Crippen LogP contribution in [0.3, 0.4) is 0 Å². The molecule has 0 aromatic heterocycles. The van der Waals surface area contributed by atoms with E-state index in [1.807, 2.05) is 6.07 Å². The minimum atomic E-state index is -0.321. The number of nitriles is 1. The second kappa shape index (κ2) is 5.96. The van der Waals surface area contributed by atoms with Crippen molar-refractivity contribution in [3.8, 4) is 6.07 Å². The average Bonchev–Trinajstić information content (AvgIpc) is 2.39. The number of benzene rings is 2. The Kier molecular flexibility index (Phi) is 4.31. The van der Waals surface area contributed by atoms with Crippen molar-refractivity contribution in [2.45, 2.75) is 10.6 Å². The van der Waals surface area contributed by atoms with Gasteiger partial charge < -0.3 is 5.73 Å². The van der Waals surface area contributed by atoms with Crippen molar-refractivity contribution in [1.29, 1.82) is 5.26 Å². The maximum atomic E-state index is 13.6. The van der Waals surface area contributed by atoms with Crippen LogP contribution in [0.15, 0.2) is 41.3 Å². The van der Waals surface area contributed by atoms with Gasteiger partial charge >= 0.3 is 0 Å². The molecule has 0 bridgehead atoms. The van der Waals surface area contributed by atoms with Crippen LogP contribution in [0.5, 0.6) is 0 Å². The van der Waals surface area contributed by atoms with Gasteiger partial charge in [-0.25, -0.2) is 4.39 Å². The smallest absolute Gasteiger partial charge is 0.127 e. The quantitative estimate of drug-likeness (QED) is 0.680. The van der Waals surface area contributed by atoms with Crippen molar-refractivity contribution in [3.63, 3.8) is 0 Å². The Morgan fingerprint density at radius 1 is 1.26 bits per heavy atom. The lowest BCUT2D eigenvalue weighted by atomic mass is 10.1. The molecule has 19 heavy (non-hydrogen) atoms. The molecule has 0 saturated heterocycles. The van der Waals surface area contributed by atoms with E-state index >= 15 is 0 Å². The van der Waals surface area contributed by atoms with E-state index in [0.29, 0.717) is 27.6 Å². The maximum Gasteiger partial charge on any atom is 0.127 e. The van der Waals surface area contributed by atoms with Crippen LogP contribution < -0.4 is 5.73 Å². The zero-order valence-corrected chi connectivity index (χ0v) is 11.4. The van der Waals surface area contributed by atoms with Crippen LogP contribution >= 0.6 is 23.4 Å². The van der Waals surface area contributed by atoms with Gasteiger partial charge in [-0.15, -0.1) is 11.8 Å². The van der Waals surface area contributed by atoms with Crippen molar-refractivity contribution in [3.05, 3.63) is 58.4 Å². The molecule has 0 saturated carbocycles. The number of hydrogen-bond donors (Lipinski definition) is 1. The molecule has 0 unspecified atom stereocenters. The Morgan fingerprint density at radius 3 is 2.74 bits per heavy atom. The zero-order chi connectivity index (χ0) is 13.8. The molecule has 0 spiro atoms. The summed E-state index contributed by atoms with van der Waals surface area (Å²) in [5.74, 6) is 0.0865. The van der Waals surface area contributed by atoms with Gasteiger partial charge in [-0.3, -0.25) is 0 Å². The fourth-order valence-corrected chi connectivity index (χ4v) is 2.79. The number of halogens is 2. The third-order valence-corrected chi connectivity index (χ3v) is 4.06. The van der Waals surface area contributed by atoms with Crippen molar-refractivity contribution in [2.75, 3.05) is 5.73 Å². The number of rotatable bonds is 3. The van der Waals surface area contributed by atoms with Crippen molar-refractivity contribution < 1.29 is 4.39 Å². The van der Waals surface area contributed by atoms with Crippen LogP contribution in [-0.4, -0.2) is 0 Å². The Labute approximate surface area is 120 Å². The summed E-state index contributed by atoms with van der Waals surface area (Å²) in [5, 5.41) is 9.34. The van der Waals surface area contributed by atoms with Gasteiger partial charge in [0.15, 0.2) is 0 Å². The lowest BCUT2D eigenvalue weighted by Gasteiger charge is -2.06. The highest BCUT2D eigenvalue weighted by Crippen LogP contribution is 2.31. The first-order valence-electron chi connectivity index (χ1n) is 5.46. The molecule has 2 aromatic carbocycles. The summed E-state index contributed by atoms with van der Waals surface area (Å²) in [6, 6.07) is 11.5. The highest BCUT2D eigenvalue weighted by Gasteiger charge is 2.07. The van der Waals surface area contributed by atoms with Crippen LogP contribution in [0.2, 0.25) is 5.02 Å². The van der Waals surface area contributed by atoms with E-state index in [2.05, 4.69) is 0 Å². The molecule has 0 amide bonds. The van der Waals surface area contributed by atoms with Crippen LogP contribution in [0, 0.1) is 17.1 Å². The first kappa shape index (κ1) is 13.7. The second-order valence-electron chi connectivity index (χ2n) is 3.90. The number of nitrogens with two attached hydrogens (primary N) is 1. The summed E-state index contributed by atoms with van der Waals surface area (Å²) in [6.45, 7) is 0. The number of nitrogen functional groups attached to an aromatic ring is 1. The van der Waals surface area contributed by atoms with Crippen LogP contribution in [0.25, 0.3) is 0 Å². The summed E-state index contributed by atoms with van der Waals surface area (Å²) in [7, 11) is 0. The molecule has 0 aliphatic rings. The third kappa shape index (κ3) is 3.40. The molecule has 2 nitrogen and oxygen atoms in total. The van der Waals surface area contributed by atoms with Gasteiger partial charge in [0, 0.05) is 16.3 Å². The fraction of sp³-hybridized carbons (Fsp3) is 0.0714. The molecule has 0 heterocycles. The molecule has 2 rings (SSSR count). The number of thioether (sulfide) groups is 1. The van der Waals surface area contributed by atoms with E-state index in [-0.39, 0.29) is 5.82 Å². The Morgan fingerprint density at radius 2 is 2.05 bits per heavy atom. The largest absolute Gasteiger partial charge is 0.399 e. The predicted octanol–water partition coefficient (Wildman–Crippen LogP) is 4.23. The van der Waals surface area contributed by atoms with Gasteiger partial charge in [0.25, 0.3) is 0 Å². The highest BCUT2D eigenvalue weighted by molar-refractivity contribution is 7.98. The maximum absolute atomic E-state index is 13.6. The Bertz CT molecular complexity index is 652. The van der Waals surface area contributed by atoms with Crippen molar-refractivity contribution in [1.82, 2.24) is 0 Å². The summed E-state index contributed by atoms with van der Waals surface area (Å²) < 4.78 is 13.6. The molecule has 0 aliphatic heterocycles. The Hall–Kier alpha value is -1.70. The Balaban J connectivity index is 2.16. The third-order valence-electron chi connectivity index (χ3n) is 2.51. The van der Waals surface area contributed by atoms with E-state index in [1.165, 1.54) is 23.9 Å². The predicted molar refractivity (Wildman–Crippen MR) is 76.5 cm³/mol. The summed E-state index contributed by atoms with van der Waals surface area (Å²) >= 11 is 7.45. The topological polar surface area (TPSA) is 49.8 Å². The molecular formula is C14H10ClFN2S. The normalized spacial score (nSPS) is 10.2. The van der Waals surface area contributed by atoms with E-state index in [9.17, 15) is 4.39 Å². The van der Waals surface area contributed by atoms with Gasteiger partial charge in [0.1, 0.15) is 5.82 Å². The minimum Gasteiger partial charge on any atom is -0.399 e. The molecule has 0 aliphatic carbocycles. The van der Waals surface area contributed by atoms with Gasteiger partial charge in [0.05, 0.1) is 16.7 Å². The highest BCUT2D eigenvalue weighted by atomic mass is 35.5. The van der Waals surface area contributed by atoms with Crippen LogP contribution in [0.4, 0.5) is 10.1 Å². The lowest BCUT2D eigenvalue weighted by Crippen LogP contribution is -1.90. The van der Waals surface area contributed by atoms with E-state index in [1.54, 1.807) is 24.3 Å². The number of nitrogens with zero attached hydrogens (tertiary/aromatic N) is 1. The zero-order valence-electron chi connectivity index (χ0n) is 9.86. The SMILES string of the molecule is N#Cc1ccc(F)c(CSc2ccc(N)cc2Cl)c1. The van der Waals surface area contributed by atoms with E-state index < -0.39 is 0 Å². The molecule has 5 heteroatoms. The average molecular weight is 293 g/mol. The molecule has 2 N–H and O–H groups in total. The molecule has 2 aromatic rings. The molecule has 0 atom stereocenters. The van der Waals surface area contributed by atoms with E-state index in [4.69, 9.17) is 22.6 Å². The summed E-state index contributed by atoms with van der Waals surface area (Å²) in [4.78, 5) is 0.831. The molecule has 96 valence electrons. The van der Waals surface area contributed by atoms with Crippen molar-refractivity contribution in [2.24, 2.45) is 0 Å². The fourth-order valence-electron chi connectivity index (χ4n) is 1.54. The first-order valence-corrected chi connectivity index (χ1v) is 6.83. The lowest BCUT2D eigenvalue weighted by molar-refractivity contribution is 0.617. The van der Waals surface area contributed by atoms with Gasteiger partial charge in [0.2, 0.25) is 0 Å². The number of hydrogen-bond acceptors (Lipinski definition) is 3. The first-order chi connectivity index (χ1) is 9.10. The monoisotopic (exact) mass is 292 g/mol. The van der Waals surface area contributed by atoms with Gasteiger partial charge in [-0.2, -0.15) is 5.26 Å². The number of anilines is 1. The van der Waals surface area contributed by atoms with Crippen LogP contribution in [-0.2, 0) is 5.75 Å².